The number of anilines is 1. The van der Waals surface area contributed by atoms with Gasteiger partial charge < -0.3 is 15.4 Å². The summed E-state index contributed by atoms with van der Waals surface area (Å²) in [5.74, 6) is 0.308. The first-order valence-electron chi connectivity index (χ1n) is 7.77. The highest BCUT2D eigenvalue weighted by molar-refractivity contribution is 6.00. The van der Waals surface area contributed by atoms with Crippen LogP contribution in [0.25, 0.3) is 0 Å². The fraction of sp³-hybridized carbons (Fsp3) is 0.562. The van der Waals surface area contributed by atoms with Crippen LogP contribution in [0.1, 0.15) is 36.5 Å². The number of carbonyl (C=O) groups excluding carboxylic acids is 1. The van der Waals surface area contributed by atoms with Crippen LogP contribution in [0.5, 0.6) is 0 Å². The molecule has 7 nitrogen and oxygen atoms in total. The van der Waals surface area contributed by atoms with Crippen LogP contribution in [0.15, 0.2) is 18.2 Å². The Morgan fingerprint density at radius 1 is 1.48 bits per heavy atom. The van der Waals surface area contributed by atoms with Gasteiger partial charge in [0.05, 0.1) is 17.1 Å². The van der Waals surface area contributed by atoms with Crippen molar-refractivity contribution in [2.45, 2.75) is 32.2 Å². The normalized spacial score (nSPS) is 20.4. The number of nitrogens with two attached hydrogens (primary N) is 1. The van der Waals surface area contributed by atoms with Gasteiger partial charge >= 0.3 is 0 Å². The maximum absolute atomic E-state index is 12.9. The van der Waals surface area contributed by atoms with Crippen molar-refractivity contribution in [1.82, 2.24) is 4.90 Å². The molecule has 126 valence electrons. The van der Waals surface area contributed by atoms with Crippen molar-refractivity contribution in [3.63, 3.8) is 0 Å². The van der Waals surface area contributed by atoms with Crippen LogP contribution in [-0.4, -0.2) is 42.0 Å². The van der Waals surface area contributed by atoms with E-state index in [0.29, 0.717) is 19.1 Å². The predicted molar refractivity (Wildman–Crippen MR) is 87.2 cm³/mol. The Bertz CT molecular complexity index is 591. The first-order valence-corrected chi connectivity index (χ1v) is 7.77. The first kappa shape index (κ1) is 17.2. The topological polar surface area (TPSA) is 98.7 Å². The van der Waals surface area contributed by atoms with E-state index in [-0.39, 0.29) is 28.9 Å². The highest BCUT2D eigenvalue weighted by atomic mass is 16.6. The molecule has 7 heteroatoms. The van der Waals surface area contributed by atoms with Gasteiger partial charge in [-0.2, -0.15) is 0 Å². The fourth-order valence-corrected chi connectivity index (χ4v) is 3.10. The van der Waals surface area contributed by atoms with Crippen LogP contribution in [0, 0.1) is 16.0 Å². The minimum Gasteiger partial charge on any atom is -0.398 e. The number of hydrogen-bond donors (Lipinski definition) is 1. The minimum atomic E-state index is -0.520. The molecule has 23 heavy (non-hydrogen) atoms. The van der Waals surface area contributed by atoms with Gasteiger partial charge in [-0.25, -0.2) is 0 Å². The molecule has 1 amide bonds. The maximum atomic E-state index is 12.9. The van der Waals surface area contributed by atoms with E-state index < -0.39 is 4.92 Å². The lowest BCUT2D eigenvalue weighted by molar-refractivity contribution is -0.384. The zero-order valence-electron chi connectivity index (χ0n) is 13.5. The number of nitrogens with zero attached hydrogens (tertiary/aromatic N) is 2. The molecule has 1 aromatic carbocycles. The van der Waals surface area contributed by atoms with Gasteiger partial charge in [-0.3, -0.25) is 14.9 Å². The Morgan fingerprint density at radius 2 is 2.22 bits per heavy atom. The minimum absolute atomic E-state index is 0.131. The van der Waals surface area contributed by atoms with E-state index in [1.54, 1.807) is 12.0 Å². The molecule has 0 bridgehead atoms. The third-order valence-corrected chi connectivity index (χ3v) is 4.38. The summed E-state index contributed by atoms with van der Waals surface area (Å²) in [6, 6.07) is 4.11. The molecule has 0 unspecified atom stereocenters. The van der Waals surface area contributed by atoms with Gasteiger partial charge in [0, 0.05) is 37.5 Å². The summed E-state index contributed by atoms with van der Waals surface area (Å²) in [4.78, 5) is 25.1. The molecular weight excluding hydrogens is 298 g/mol. The van der Waals surface area contributed by atoms with Gasteiger partial charge in [0.15, 0.2) is 0 Å². The van der Waals surface area contributed by atoms with Gasteiger partial charge in [-0.05, 0) is 31.2 Å². The highest BCUT2D eigenvalue weighted by Crippen LogP contribution is 2.31. The Balaban J connectivity index is 2.29. The molecule has 1 saturated carbocycles. The van der Waals surface area contributed by atoms with E-state index in [4.69, 9.17) is 10.5 Å². The highest BCUT2D eigenvalue weighted by Gasteiger charge is 2.31. The number of nitro benzene ring substituents is 1. The predicted octanol–water partition coefficient (Wildman–Crippen LogP) is 2.45. The van der Waals surface area contributed by atoms with Gasteiger partial charge in [0.1, 0.15) is 0 Å². The summed E-state index contributed by atoms with van der Waals surface area (Å²) >= 11 is 0. The SMILES string of the molecule is COCCN(C(=O)c1cc([N+](=O)[O-])ccc1N)[C@H]1CC[C@H](C)C1. The lowest BCUT2D eigenvalue weighted by Gasteiger charge is -2.29. The summed E-state index contributed by atoms with van der Waals surface area (Å²) in [7, 11) is 1.58. The molecule has 1 fully saturated rings. The largest absolute Gasteiger partial charge is 0.398 e. The third-order valence-electron chi connectivity index (χ3n) is 4.38. The van der Waals surface area contributed by atoms with Gasteiger partial charge in [0.2, 0.25) is 0 Å². The maximum Gasteiger partial charge on any atom is 0.270 e. The molecule has 2 N–H and O–H groups in total. The van der Waals surface area contributed by atoms with Crippen molar-refractivity contribution in [3.05, 3.63) is 33.9 Å². The fourth-order valence-electron chi connectivity index (χ4n) is 3.10. The lowest BCUT2D eigenvalue weighted by atomic mass is 10.1. The zero-order chi connectivity index (χ0) is 17.0. The molecule has 1 aliphatic rings. The number of methoxy groups -OCH3 is 1. The van der Waals surface area contributed by atoms with Gasteiger partial charge in [-0.1, -0.05) is 6.92 Å². The molecule has 2 rings (SSSR count). The van der Waals surface area contributed by atoms with E-state index in [2.05, 4.69) is 6.92 Å². The Morgan fingerprint density at radius 3 is 2.78 bits per heavy atom. The smallest absolute Gasteiger partial charge is 0.270 e. The number of non-ortho nitro benzene ring substituents is 1. The number of nitro groups is 1. The Kier molecular flexibility index (Phi) is 5.54. The second-order valence-electron chi connectivity index (χ2n) is 6.09. The van der Waals surface area contributed by atoms with E-state index >= 15 is 0 Å². The molecular formula is C16H23N3O4. The molecule has 1 aliphatic carbocycles. The Labute approximate surface area is 135 Å². The van der Waals surface area contributed by atoms with Crippen LogP contribution in [0.4, 0.5) is 11.4 Å². The van der Waals surface area contributed by atoms with Crippen molar-refractivity contribution >= 4 is 17.3 Å². The number of benzene rings is 1. The summed E-state index contributed by atoms with van der Waals surface area (Å²) in [6.45, 7) is 3.04. The number of ether oxygens (including phenoxy) is 1. The van der Waals surface area contributed by atoms with E-state index in [9.17, 15) is 14.9 Å². The molecule has 0 aromatic heterocycles. The number of rotatable bonds is 6. The van der Waals surface area contributed by atoms with Crippen molar-refractivity contribution in [2.75, 3.05) is 26.0 Å². The average molecular weight is 321 g/mol. The van der Waals surface area contributed by atoms with Crippen LogP contribution >= 0.6 is 0 Å². The first-order chi connectivity index (χ1) is 10.9. The molecule has 1 aromatic rings. The standard InChI is InChI=1S/C16H23N3O4/c1-11-3-4-12(9-11)18(7-8-23-2)16(20)14-10-13(19(21)22)5-6-15(14)17/h5-6,10-12H,3-4,7-9,17H2,1-2H3/t11-,12-/m0/s1. The number of hydrogen-bond acceptors (Lipinski definition) is 5. The van der Waals surface area contributed by atoms with Crippen molar-refractivity contribution in [2.24, 2.45) is 5.92 Å². The number of amides is 1. The molecule has 0 heterocycles. The second-order valence-corrected chi connectivity index (χ2v) is 6.09. The summed E-state index contributed by atoms with van der Waals surface area (Å²) in [5, 5.41) is 10.9. The summed E-state index contributed by atoms with van der Waals surface area (Å²) < 4.78 is 5.10. The van der Waals surface area contributed by atoms with Crippen LogP contribution in [0.3, 0.4) is 0 Å². The van der Waals surface area contributed by atoms with Crippen LogP contribution in [0.2, 0.25) is 0 Å². The quantitative estimate of drug-likeness (QED) is 0.493. The van der Waals surface area contributed by atoms with Crippen LogP contribution < -0.4 is 5.73 Å². The van der Waals surface area contributed by atoms with Gasteiger partial charge in [0.25, 0.3) is 11.6 Å². The van der Waals surface area contributed by atoms with E-state index in [0.717, 1.165) is 19.3 Å². The lowest BCUT2D eigenvalue weighted by Crippen LogP contribution is -2.41. The monoisotopic (exact) mass is 321 g/mol. The van der Waals surface area contributed by atoms with Crippen molar-refractivity contribution in [1.29, 1.82) is 0 Å². The Hall–Kier alpha value is -2.15. The molecule has 0 radical (unpaired) electrons. The van der Waals surface area contributed by atoms with Gasteiger partial charge in [-0.15, -0.1) is 0 Å². The molecule has 0 saturated heterocycles. The molecule has 2 atom stereocenters. The summed E-state index contributed by atoms with van der Waals surface area (Å²) in [5.41, 5.74) is 6.20. The molecule has 0 spiro atoms. The van der Waals surface area contributed by atoms with Crippen molar-refractivity contribution < 1.29 is 14.5 Å². The summed E-state index contributed by atoms with van der Waals surface area (Å²) in [6.07, 6.45) is 2.95. The third kappa shape index (κ3) is 3.98. The zero-order valence-corrected chi connectivity index (χ0v) is 13.5. The average Bonchev–Trinajstić information content (AvgIpc) is 2.94. The second kappa shape index (κ2) is 7.41. The molecule has 0 aliphatic heterocycles. The van der Waals surface area contributed by atoms with Crippen molar-refractivity contribution in [3.8, 4) is 0 Å². The van der Waals surface area contributed by atoms with Crippen LogP contribution in [-0.2, 0) is 4.74 Å². The number of nitrogen functional groups attached to an aromatic ring is 1. The number of carbonyl (C=O) groups is 1. The van der Waals surface area contributed by atoms with E-state index in [1.807, 2.05) is 0 Å². The van der Waals surface area contributed by atoms with E-state index in [1.165, 1.54) is 18.2 Å².